The van der Waals surface area contributed by atoms with Crippen LogP contribution in [0.2, 0.25) is 5.02 Å². The van der Waals surface area contributed by atoms with Gasteiger partial charge in [-0.3, -0.25) is 0 Å². The Bertz CT molecular complexity index is 533. The molecule has 0 saturated carbocycles. The fourth-order valence-corrected chi connectivity index (χ4v) is 3.52. The van der Waals surface area contributed by atoms with Gasteiger partial charge >= 0.3 is 0 Å². The van der Waals surface area contributed by atoms with Gasteiger partial charge in [0.1, 0.15) is 0 Å². The Morgan fingerprint density at radius 3 is 2.19 bits per heavy atom. The van der Waals surface area contributed by atoms with E-state index in [0.29, 0.717) is 0 Å². The zero-order valence-corrected chi connectivity index (χ0v) is 15.1. The molecule has 0 aromatic heterocycles. The van der Waals surface area contributed by atoms with E-state index in [2.05, 4.69) is 66.3 Å². The molecule has 0 spiro atoms. The Balaban J connectivity index is 2.46. The van der Waals surface area contributed by atoms with Crippen LogP contribution in [-0.2, 0) is 0 Å². The molecule has 0 fully saturated rings. The highest BCUT2D eigenvalue weighted by Gasteiger charge is 2.15. The smallest absolute Gasteiger partial charge is 0.0577 e. The average molecular weight is 367 g/mol. The molecule has 112 valence electrons. The van der Waals surface area contributed by atoms with Crippen molar-refractivity contribution in [2.75, 3.05) is 6.54 Å². The first-order valence-electron chi connectivity index (χ1n) is 7.27. The van der Waals surface area contributed by atoms with Crippen molar-refractivity contribution < 1.29 is 0 Å². The van der Waals surface area contributed by atoms with Crippen molar-refractivity contribution in [2.45, 2.75) is 33.2 Å². The van der Waals surface area contributed by atoms with Gasteiger partial charge in [0, 0.05) is 9.50 Å². The van der Waals surface area contributed by atoms with E-state index in [1.165, 1.54) is 22.3 Å². The summed E-state index contributed by atoms with van der Waals surface area (Å²) in [6, 6.07) is 13.0. The summed E-state index contributed by atoms with van der Waals surface area (Å²) in [5.74, 6) is 0. The van der Waals surface area contributed by atoms with E-state index < -0.39 is 0 Å². The van der Waals surface area contributed by atoms with E-state index in [-0.39, 0.29) is 6.04 Å². The third kappa shape index (κ3) is 4.57. The summed E-state index contributed by atoms with van der Waals surface area (Å²) in [7, 11) is 0. The monoisotopic (exact) mass is 365 g/mol. The quantitative estimate of drug-likeness (QED) is 0.704. The van der Waals surface area contributed by atoms with Gasteiger partial charge in [0.15, 0.2) is 0 Å². The highest BCUT2D eigenvalue weighted by molar-refractivity contribution is 9.10. The molecule has 2 aromatic carbocycles. The molecule has 2 aromatic rings. The van der Waals surface area contributed by atoms with Crippen LogP contribution in [0.1, 0.15) is 41.6 Å². The lowest BCUT2D eigenvalue weighted by molar-refractivity contribution is 0.598. The molecule has 0 aliphatic carbocycles. The number of hydrogen-bond donors (Lipinski definition) is 1. The average Bonchev–Trinajstić information content (AvgIpc) is 2.37. The van der Waals surface area contributed by atoms with Gasteiger partial charge < -0.3 is 5.32 Å². The topological polar surface area (TPSA) is 12.0 Å². The van der Waals surface area contributed by atoms with E-state index in [0.717, 1.165) is 22.5 Å². The molecular weight excluding hydrogens is 346 g/mol. The summed E-state index contributed by atoms with van der Waals surface area (Å²) in [5, 5.41) is 4.39. The maximum absolute atomic E-state index is 6.22. The molecule has 0 amide bonds. The molecule has 21 heavy (non-hydrogen) atoms. The Morgan fingerprint density at radius 1 is 1.00 bits per heavy atom. The molecule has 1 unspecified atom stereocenters. The second-order valence-electron chi connectivity index (χ2n) is 5.51. The zero-order valence-electron chi connectivity index (χ0n) is 12.7. The largest absolute Gasteiger partial charge is 0.306 e. The summed E-state index contributed by atoms with van der Waals surface area (Å²) in [5.41, 5.74) is 5.05. The third-order valence-corrected chi connectivity index (χ3v) is 4.07. The predicted molar refractivity (Wildman–Crippen MR) is 95.2 cm³/mol. The normalized spacial score (nSPS) is 12.4. The van der Waals surface area contributed by atoms with Gasteiger partial charge in [0.2, 0.25) is 0 Å². The lowest BCUT2D eigenvalue weighted by atomic mass is 9.95. The van der Waals surface area contributed by atoms with Crippen LogP contribution < -0.4 is 5.32 Å². The van der Waals surface area contributed by atoms with Crippen molar-refractivity contribution in [3.8, 4) is 0 Å². The minimum atomic E-state index is 0.165. The van der Waals surface area contributed by atoms with Gasteiger partial charge in [-0.15, -0.1) is 0 Å². The summed E-state index contributed by atoms with van der Waals surface area (Å²) in [4.78, 5) is 0. The SMILES string of the molecule is CCCNC(c1cc(C)cc(C)c1)c1cc(Cl)cc(Br)c1. The van der Waals surface area contributed by atoms with Crippen molar-refractivity contribution in [1.29, 1.82) is 0 Å². The van der Waals surface area contributed by atoms with E-state index in [9.17, 15) is 0 Å². The molecule has 0 aliphatic rings. The fourth-order valence-electron chi connectivity index (χ4n) is 2.64. The maximum Gasteiger partial charge on any atom is 0.0577 e. The number of halogens is 2. The molecule has 0 radical (unpaired) electrons. The van der Waals surface area contributed by atoms with E-state index in [1.54, 1.807) is 0 Å². The number of hydrogen-bond acceptors (Lipinski definition) is 1. The first-order chi connectivity index (χ1) is 9.99. The van der Waals surface area contributed by atoms with Crippen LogP contribution in [0.3, 0.4) is 0 Å². The van der Waals surface area contributed by atoms with Crippen molar-refractivity contribution in [1.82, 2.24) is 5.32 Å². The molecule has 1 N–H and O–H groups in total. The van der Waals surface area contributed by atoms with Crippen LogP contribution in [-0.4, -0.2) is 6.54 Å². The van der Waals surface area contributed by atoms with Gasteiger partial charge in [0.25, 0.3) is 0 Å². The zero-order chi connectivity index (χ0) is 15.4. The molecule has 0 aliphatic heterocycles. The second-order valence-corrected chi connectivity index (χ2v) is 6.86. The van der Waals surface area contributed by atoms with Gasteiger partial charge in [0.05, 0.1) is 6.04 Å². The molecule has 1 nitrogen and oxygen atoms in total. The van der Waals surface area contributed by atoms with E-state index >= 15 is 0 Å². The van der Waals surface area contributed by atoms with Crippen LogP contribution in [0.15, 0.2) is 40.9 Å². The number of nitrogens with one attached hydrogen (secondary N) is 1. The van der Waals surface area contributed by atoms with Crippen LogP contribution in [0.5, 0.6) is 0 Å². The Hall–Kier alpha value is -0.830. The lowest BCUT2D eigenvalue weighted by Gasteiger charge is -2.21. The molecular formula is C18H21BrClN. The molecule has 3 heteroatoms. The first-order valence-corrected chi connectivity index (χ1v) is 8.44. The minimum absolute atomic E-state index is 0.165. The fraction of sp³-hybridized carbons (Fsp3) is 0.333. The van der Waals surface area contributed by atoms with Gasteiger partial charge in [-0.05, 0) is 56.1 Å². The van der Waals surface area contributed by atoms with Gasteiger partial charge in [-0.1, -0.05) is 63.8 Å². The van der Waals surface area contributed by atoms with Crippen LogP contribution in [0, 0.1) is 13.8 Å². The third-order valence-electron chi connectivity index (χ3n) is 3.39. The van der Waals surface area contributed by atoms with Crippen LogP contribution in [0.25, 0.3) is 0 Å². The van der Waals surface area contributed by atoms with Crippen molar-refractivity contribution in [3.63, 3.8) is 0 Å². The van der Waals surface area contributed by atoms with Crippen molar-refractivity contribution in [3.05, 3.63) is 68.1 Å². The maximum atomic E-state index is 6.22. The van der Waals surface area contributed by atoms with E-state index in [1.807, 2.05) is 12.1 Å². The number of aryl methyl sites for hydroxylation is 2. The molecule has 0 saturated heterocycles. The number of benzene rings is 2. The highest BCUT2D eigenvalue weighted by Crippen LogP contribution is 2.29. The van der Waals surface area contributed by atoms with Gasteiger partial charge in [-0.25, -0.2) is 0 Å². The summed E-state index contributed by atoms with van der Waals surface area (Å²) in [6.45, 7) is 7.43. The number of rotatable bonds is 5. The molecule has 2 rings (SSSR count). The summed E-state index contributed by atoms with van der Waals surface area (Å²) >= 11 is 9.76. The van der Waals surface area contributed by atoms with Crippen LogP contribution in [0.4, 0.5) is 0 Å². The predicted octanol–water partition coefficient (Wildman–Crippen LogP) is 5.81. The summed E-state index contributed by atoms with van der Waals surface area (Å²) in [6.07, 6.45) is 1.10. The standard InChI is InChI=1S/C18H21BrClN/c1-4-5-21-18(14-7-12(2)6-13(3)8-14)15-9-16(19)11-17(20)10-15/h6-11,18,21H,4-5H2,1-3H3. The van der Waals surface area contributed by atoms with Crippen LogP contribution >= 0.6 is 27.5 Å². The molecule has 1 atom stereocenters. The highest BCUT2D eigenvalue weighted by atomic mass is 79.9. The van der Waals surface area contributed by atoms with Crippen molar-refractivity contribution >= 4 is 27.5 Å². The first kappa shape index (κ1) is 16.5. The second kappa shape index (κ2) is 7.44. The lowest BCUT2D eigenvalue weighted by Crippen LogP contribution is -2.23. The van der Waals surface area contributed by atoms with E-state index in [4.69, 9.17) is 11.6 Å². The Labute approximate surface area is 140 Å². The van der Waals surface area contributed by atoms with Crippen molar-refractivity contribution in [2.24, 2.45) is 0 Å². The Kier molecular flexibility index (Phi) is 5.86. The van der Waals surface area contributed by atoms with Gasteiger partial charge in [-0.2, -0.15) is 0 Å². The molecule has 0 bridgehead atoms. The minimum Gasteiger partial charge on any atom is -0.306 e. The summed E-state index contributed by atoms with van der Waals surface area (Å²) < 4.78 is 1.01. The Morgan fingerprint density at radius 2 is 1.62 bits per heavy atom. The molecule has 0 heterocycles.